The van der Waals surface area contributed by atoms with E-state index in [4.69, 9.17) is 5.11 Å². The van der Waals surface area contributed by atoms with Gasteiger partial charge in [0.25, 0.3) is 0 Å². The Morgan fingerprint density at radius 1 is 1.29 bits per heavy atom. The van der Waals surface area contributed by atoms with Gasteiger partial charge in [0, 0.05) is 12.1 Å². The topological polar surface area (TPSA) is 49.3 Å². The highest BCUT2D eigenvalue weighted by molar-refractivity contribution is 7.99. The number of thioether (sulfide) groups is 1. The van der Waals surface area contributed by atoms with Gasteiger partial charge < -0.3 is 10.4 Å². The van der Waals surface area contributed by atoms with Gasteiger partial charge in [0.15, 0.2) is 0 Å². The fourth-order valence-electron chi connectivity index (χ4n) is 1.97. The van der Waals surface area contributed by atoms with E-state index >= 15 is 0 Å². The average molecular weight is 251 g/mol. The van der Waals surface area contributed by atoms with Crippen LogP contribution < -0.4 is 5.32 Å². The van der Waals surface area contributed by atoms with Gasteiger partial charge in [0.1, 0.15) is 5.75 Å². The number of hydrogen-bond acceptors (Lipinski definition) is 3. The fraction of sp³-hybridized carbons (Fsp3) is 0.462. The van der Waals surface area contributed by atoms with Crippen molar-refractivity contribution in [1.29, 1.82) is 0 Å². The summed E-state index contributed by atoms with van der Waals surface area (Å²) in [6.45, 7) is 0. The third-order valence-corrected chi connectivity index (χ3v) is 4.01. The average Bonchev–Trinajstić information content (AvgIpc) is 2.33. The highest BCUT2D eigenvalue weighted by atomic mass is 32.2. The van der Waals surface area contributed by atoms with Crippen molar-refractivity contribution in [1.82, 2.24) is 0 Å². The van der Waals surface area contributed by atoms with Crippen molar-refractivity contribution >= 4 is 23.4 Å². The number of phenols is 1. The van der Waals surface area contributed by atoms with Crippen LogP contribution in [-0.2, 0) is 4.79 Å². The van der Waals surface area contributed by atoms with Crippen LogP contribution in [0.5, 0.6) is 5.75 Å². The summed E-state index contributed by atoms with van der Waals surface area (Å²) in [6.07, 6.45) is 2.91. The molecular weight excluding hydrogens is 234 g/mol. The first-order valence-electron chi connectivity index (χ1n) is 5.90. The molecule has 92 valence electrons. The predicted octanol–water partition coefficient (Wildman–Crippen LogP) is 2.86. The number of hydrogen-bond donors (Lipinski definition) is 2. The molecule has 1 saturated heterocycles. The molecular formula is C13H17NO2S. The van der Waals surface area contributed by atoms with Crippen LogP contribution in [0.1, 0.15) is 19.3 Å². The number of phenolic OH excluding ortho intramolecular Hbond substituents is 1. The molecule has 0 spiro atoms. The lowest BCUT2D eigenvalue weighted by atomic mass is 9.98. The van der Waals surface area contributed by atoms with Gasteiger partial charge in [0.2, 0.25) is 5.91 Å². The number of amides is 1. The monoisotopic (exact) mass is 251 g/mol. The lowest BCUT2D eigenvalue weighted by molar-refractivity contribution is -0.117. The molecule has 0 bridgehead atoms. The maximum Gasteiger partial charge on any atom is 0.224 e. The van der Waals surface area contributed by atoms with E-state index in [1.807, 2.05) is 11.8 Å². The molecule has 3 nitrogen and oxygen atoms in total. The van der Waals surface area contributed by atoms with Crippen molar-refractivity contribution in [2.75, 3.05) is 16.8 Å². The van der Waals surface area contributed by atoms with E-state index in [9.17, 15) is 4.79 Å². The Bertz CT molecular complexity index is 372. The standard InChI is InChI=1S/C13H17NO2S/c15-12-3-1-11(2-4-12)14-13(16)9-10-5-7-17-8-6-10/h1-4,10,15H,5-9H2,(H,14,16). The Labute approximate surface area is 106 Å². The van der Waals surface area contributed by atoms with E-state index in [-0.39, 0.29) is 11.7 Å². The highest BCUT2D eigenvalue weighted by Crippen LogP contribution is 2.25. The Hall–Kier alpha value is -1.16. The zero-order valence-corrected chi connectivity index (χ0v) is 10.5. The highest BCUT2D eigenvalue weighted by Gasteiger charge is 2.17. The molecule has 0 saturated carbocycles. The number of aromatic hydroxyl groups is 1. The minimum atomic E-state index is 0.0765. The second-order valence-corrected chi connectivity index (χ2v) is 5.58. The zero-order chi connectivity index (χ0) is 12.1. The SMILES string of the molecule is O=C(CC1CCSCC1)Nc1ccc(O)cc1. The minimum Gasteiger partial charge on any atom is -0.508 e. The second-order valence-electron chi connectivity index (χ2n) is 4.35. The van der Waals surface area contributed by atoms with Gasteiger partial charge in [-0.3, -0.25) is 4.79 Å². The Balaban J connectivity index is 1.82. The molecule has 1 aromatic rings. The van der Waals surface area contributed by atoms with E-state index in [1.54, 1.807) is 24.3 Å². The summed E-state index contributed by atoms with van der Waals surface area (Å²) in [5.74, 6) is 3.18. The van der Waals surface area contributed by atoms with Crippen molar-refractivity contribution in [3.63, 3.8) is 0 Å². The molecule has 0 aliphatic carbocycles. The molecule has 0 atom stereocenters. The number of anilines is 1. The van der Waals surface area contributed by atoms with Crippen LogP contribution in [0.25, 0.3) is 0 Å². The van der Waals surface area contributed by atoms with Crippen LogP contribution in [-0.4, -0.2) is 22.5 Å². The molecule has 0 aromatic heterocycles. The third-order valence-electron chi connectivity index (χ3n) is 2.97. The third kappa shape index (κ3) is 3.97. The smallest absolute Gasteiger partial charge is 0.224 e. The van der Waals surface area contributed by atoms with E-state index in [1.165, 1.54) is 11.5 Å². The number of benzene rings is 1. The van der Waals surface area contributed by atoms with E-state index in [2.05, 4.69) is 5.32 Å². The molecule has 0 radical (unpaired) electrons. The van der Waals surface area contributed by atoms with E-state index in [0.29, 0.717) is 12.3 Å². The fourth-order valence-corrected chi connectivity index (χ4v) is 3.17. The van der Waals surface area contributed by atoms with Crippen LogP contribution in [0.2, 0.25) is 0 Å². The lowest BCUT2D eigenvalue weighted by Crippen LogP contribution is -2.19. The van der Waals surface area contributed by atoms with Crippen molar-refractivity contribution in [3.05, 3.63) is 24.3 Å². The van der Waals surface area contributed by atoms with Crippen molar-refractivity contribution in [3.8, 4) is 5.75 Å². The Morgan fingerprint density at radius 3 is 2.59 bits per heavy atom. The summed E-state index contributed by atoms with van der Waals surface area (Å²) >= 11 is 1.97. The summed E-state index contributed by atoms with van der Waals surface area (Å²) in [7, 11) is 0. The minimum absolute atomic E-state index is 0.0765. The van der Waals surface area contributed by atoms with Gasteiger partial charge in [-0.05, 0) is 54.5 Å². The van der Waals surface area contributed by atoms with E-state index < -0.39 is 0 Å². The van der Waals surface area contributed by atoms with Gasteiger partial charge in [-0.15, -0.1) is 0 Å². The number of nitrogens with one attached hydrogen (secondary N) is 1. The quantitative estimate of drug-likeness (QED) is 0.812. The van der Waals surface area contributed by atoms with Crippen molar-refractivity contribution < 1.29 is 9.90 Å². The zero-order valence-electron chi connectivity index (χ0n) is 9.69. The number of carbonyl (C=O) groups is 1. The molecule has 1 aliphatic heterocycles. The van der Waals surface area contributed by atoms with Gasteiger partial charge in [-0.25, -0.2) is 0 Å². The van der Waals surface area contributed by atoms with Crippen LogP contribution in [0.3, 0.4) is 0 Å². The van der Waals surface area contributed by atoms with Crippen LogP contribution in [0.4, 0.5) is 5.69 Å². The molecule has 1 fully saturated rings. The molecule has 4 heteroatoms. The summed E-state index contributed by atoms with van der Waals surface area (Å²) < 4.78 is 0. The first-order chi connectivity index (χ1) is 8.24. The Morgan fingerprint density at radius 2 is 1.94 bits per heavy atom. The van der Waals surface area contributed by atoms with Gasteiger partial charge in [0.05, 0.1) is 0 Å². The predicted molar refractivity (Wildman–Crippen MR) is 71.4 cm³/mol. The number of rotatable bonds is 3. The normalized spacial score (nSPS) is 16.7. The molecule has 1 aromatic carbocycles. The van der Waals surface area contributed by atoms with Crippen LogP contribution in [0.15, 0.2) is 24.3 Å². The maximum atomic E-state index is 11.8. The second kappa shape index (κ2) is 5.96. The molecule has 2 N–H and O–H groups in total. The summed E-state index contributed by atoms with van der Waals surface area (Å²) in [4.78, 5) is 11.8. The Kier molecular flexibility index (Phi) is 4.31. The summed E-state index contributed by atoms with van der Waals surface area (Å²) in [5.41, 5.74) is 0.748. The van der Waals surface area contributed by atoms with Crippen LogP contribution in [0, 0.1) is 5.92 Å². The molecule has 1 heterocycles. The maximum absolute atomic E-state index is 11.8. The molecule has 1 amide bonds. The van der Waals surface area contributed by atoms with Gasteiger partial charge >= 0.3 is 0 Å². The largest absolute Gasteiger partial charge is 0.508 e. The first kappa shape index (κ1) is 12.3. The van der Waals surface area contributed by atoms with Crippen LogP contribution >= 0.6 is 11.8 Å². The van der Waals surface area contributed by atoms with Gasteiger partial charge in [-0.1, -0.05) is 0 Å². The molecule has 17 heavy (non-hydrogen) atoms. The summed E-state index contributed by atoms with van der Waals surface area (Å²) in [5, 5.41) is 12.0. The van der Waals surface area contributed by atoms with Crippen molar-refractivity contribution in [2.24, 2.45) is 5.92 Å². The van der Waals surface area contributed by atoms with E-state index in [0.717, 1.165) is 18.5 Å². The van der Waals surface area contributed by atoms with Crippen molar-refractivity contribution in [2.45, 2.75) is 19.3 Å². The molecule has 2 rings (SSSR count). The molecule has 0 unspecified atom stereocenters. The number of carbonyl (C=O) groups excluding carboxylic acids is 1. The molecule has 1 aliphatic rings. The summed E-state index contributed by atoms with van der Waals surface area (Å²) in [6, 6.07) is 6.58. The van der Waals surface area contributed by atoms with Gasteiger partial charge in [-0.2, -0.15) is 11.8 Å². The lowest BCUT2D eigenvalue weighted by Gasteiger charge is -2.20. The first-order valence-corrected chi connectivity index (χ1v) is 7.06.